The fourth-order valence-corrected chi connectivity index (χ4v) is 1.76. The molecule has 0 aromatic rings. The molecular weight excluding hydrogens is 208 g/mol. The van der Waals surface area contributed by atoms with Crippen molar-refractivity contribution < 1.29 is 4.79 Å². The van der Waals surface area contributed by atoms with E-state index in [2.05, 4.69) is 31.2 Å². The quantitative estimate of drug-likeness (QED) is 0.258. The summed E-state index contributed by atoms with van der Waals surface area (Å²) in [6.45, 7) is 2.15. The van der Waals surface area contributed by atoms with E-state index in [9.17, 15) is 4.79 Å². The molecule has 0 saturated heterocycles. The Morgan fingerprint density at radius 1 is 0.706 bits per heavy atom. The van der Waals surface area contributed by atoms with Crippen LogP contribution in [-0.4, -0.2) is 6.29 Å². The first-order chi connectivity index (χ1) is 8.41. The molecule has 1 heteroatoms. The smallest absolute Gasteiger partial charge is 0.119 e. The van der Waals surface area contributed by atoms with E-state index in [1.165, 1.54) is 44.9 Å². The number of hydrogen-bond acceptors (Lipinski definition) is 1. The average molecular weight is 236 g/mol. The normalized spacial score (nSPS) is 11.6. The zero-order chi connectivity index (χ0) is 12.6. The van der Waals surface area contributed by atoms with Gasteiger partial charge in [-0.05, 0) is 25.7 Å². The number of unbranched alkanes of at least 4 members (excludes halogenated alkanes) is 8. The highest BCUT2D eigenvalue weighted by atomic mass is 16.1. The van der Waals surface area contributed by atoms with Crippen LogP contribution in [0.2, 0.25) is 0 Å². The zero-order valence-electron chi connectivity index (χ0n) is 11.4. The minimum absolute atomic E-state index is 0.746. The van der Waals surface area contributed by atoms with E-state index in [-0.39, 0.29) is 0 Å². The van der Waals surface area contributed by atoms with E-state index in [1.807, 2.05) is 0 Å². The summed E-state index contributed by atoms with van der Waals surface area (Å²) in [4.78, 5) is 10.1. The van der Waals surface area contributed by atoms with Gasteiger partial charge in [0.15, 0.2) is 0 Å². The van der Waals surface area contributed by atoms with Crippen LogP contribution in [-0.2, 0) is 4.79 Å². The van der Waals surface area contributed by atoms with E-state index >= 15 is 0 Å². The van der Waals surface area contributed by atoms with Gasteiger partial charge in [-0.1, -0.05) is 63.3 Å². The predicted molar refractivity (Wildman–Crippen MR) is 76.2 cm³/mol. The largest absolute Gasteiger partial charge is 0.303 e. The zero-order valence-corrected chi connectivity index (χ0v) is 11.4. The topological polar surface area (TPSA) is 17.1 Å². The summed E-state index contributed by atoms with van der Waals surface area (Å²) >= 11 is 0. The molecule has 0 atom stereocenters. The maximum Gasteiger partial charge on any atom is 0.119 e. The molecule has 0 aliphatic carbocycles. The van der Waals surface area contributed by atoms with Crippen molar-refractivity contribution in [2.45, 2.75) is 71.1 Å². The Bertz CT molecular complexity index is 204. The van der Waals surface area contributed by atoms with Crippen LogP contribution in [0.5, 0.6) is 0 Å². The second-order valence-electron chi connectivity index (χ2n) is 4.48. The van der Waals surface area contributed by atoms with Gasteiger partial charge >= 0.3 is 0 Å². The van der Waals surface area contributed by atoms with Crippen molar-refractivity contribution in [3.63, 3.8) is 0 Å². The molecule has 0 aromatic carbocycles. The maximum absolute atomic E-state index is 10.1. The fourth-order valence-electron chi connectivity index (χ4n) is 1.76. The van der Waals surface area contributed by atoms with Crippen LogP contribution in [0.3, 0.4) is 0 Å². The number of hydrogen-bond donors (Lipinski definition) is 0. The highest BCUT2D eigenvalue weighted by molar-refractivity contribution is 5.48. The summed E-state index contributed by atoms with van der Waals surface area (Å²) in [5.74, 6) is 0. The molecule has 0 N–H and O–H groups in total. The standard InChI is InChI=1S/C16H28O/c1-2-3-4-5-6-7-8-9-10-11-12-13-14-15-16-17/h3-6,16H,2,7-15H2,1H3/b4-3?,6-5+. The predicted octanol–water partition coefficient (Wildman–Crippen LogP) is 5.22. The SMILES string of the molecule is CCC=C/C=C/CCCCCCCCCC=O. The van der Waals surface area contributed by atoms with Gasteiger partial charge in [0, 0.05) is 6.42 Å². The fraction of sp³-hybridized carbons (Fsp3) is 0.688. The van der Waals surface area contributed by atoms with Crippen LogP contribution >= 0.6 is 0 Å². The highest BCUT2D eigenvalue weighted by Gasteiger charge is 1.90. The molecule has 98 valence electrons. The minimum Gasteiger partial charge on any atom is -0.303 e. The van der Waals surface area contributed by atoms with E-state index in [1.54, 1.807) is 0 Å². The summed E-state index contributed by atoms with van der Waals surface area (Å²) in [5.41, 5.74) is 0. The third kappa shape index (κ3) is 15.1. The first-order valence-corrected chi connectivity index (χ1v) is 7.17. The van der Waals surface area contributed by atoms with E-state index in [0.717, 1.165) is 25.5 Å². The molecule has 0 spiro atoms. The van der Waals surface area contributed by atoms with Crippen molar-refractivity contribution in [1.82, 2.24) is 0 Å². The molecular formula is C16H28O. The van der Waals surface area contributed by atoms with Crippen molar-refractivity contribution in [3.8, 4) is 0 Å². The Kier molecular flexibility index (Phi) is 14.4. The summed E-state index contributed by atoms with van der Waals surface area (Å²) in [7, 11) is 0. The number of carbonyl (C=O) groups excluding carboxylic acids is 1. The second kappa shape index (κ2) is 15.1. The second-order valence-corrected chi connectivity index (χ2v) is 4.48. The Labute approximate surface area is 107 Å². The molecule has 0 rings (SSSR count). The Hall–Kier alpha value is -0.850. The Morgan fingerprint density at radius 3 is 1.82 bits per heavy atom. The number of rotatable bonds is 12. The number of allylic oxidation sites excluding steroid dienone is 4. The molecule has 0 amide bonds. The Morgan fingerprint density at radius 2 is 1.24 bits per heavy atom. The highest BCUT2D eigenvalue weighted by Crippen LogP contribution is 2.09. The summed E-state index contributed by atoms with van der Waals surface area (Å²) in [5, 5.41) is 0. The molecule has 0 heterocycles. The van der Waals surface area contributed by atoms with Gasteiger partial charge in [-0.3, -0.25) is 0 Å². The lowest BCUT2D eigenvalue weighted by Gasteiger charge is -1.99. The number of aldehydes is 1. The lowest BCUT2D eigenvalue weighted by molar-refractivity contribution is -0.107. The van der Waals surface area contributed by atoms with Gasteiger partial charge in [-0.15, -0.1) is 0 Å². The van der Waals surface area contributed by atoms with Crippen molar-refractivity contribution in [3.05, 3.63) is 24.3 Å². The van der Waals surface area contributed by atoms with E-state index < -0.39 is 0 Å². The van der Waals surface area contributed by atoms with Crippen molar-refractivity contribution in [2.75, 3.05) is 0 Å². The first-order valence-electron chi connectivity index (χ1n) is 7.17. The third-order valence-electron chi connectivity index (χ3n) is 2.81. The van der Waals surface area contributed by atoms with Crippen LogP contribution in [0.15, 0.2) is 24.3 Å². The average Bonchev–Trinajstić information content (AvgIpc) is 2.35. The Balaban J connectivity index is 3.05. The van der Waals surface area contributed by atoms with Gasteiger partial charge in [0.1, 0.15) is 6.29 Å². The lowest BCUT2D eigenvalue weighted by Crippen LogP contribution is -1.81. The van der Waals surface area contributed by atoms with Gasteiger partial charge in [0.2, 0.25) is 0 Å². The van der Waals surface area contributed by atoms with Crippen LogP contribution in [0.25, 0.3) is 0 Å². The van der Waals surface area contributed by atoms with Gasteiger partial charge in [0.05, 0.1) is 0 Å². The van der Waals surface area contributed by atoms with E-state index in [0.29, 0.717) is 0 Å². The minimum atomic E-state index is 0.746. The molecule has 0 aliphatic heterocycles. The van der Waals surface area contributed by atoms with Crippen molar-refractivity contribution in [1.29, 1.82) is 0 Å². The molecule has 0 aromatic heterocycles. The van der Waals surface area contributed by atoms with Gasteiger partial charge in [0.25, 0.3) is 0 Å². The molecule has 0 aliphatic rings. The van der Waals surface area contributed by atoms with Crippen LogP contribution < -0.4 is 0 Å². The van der Waals surface area contributed by atoms with Crippen molar-refractivity contribution >= 4 is 6.29 Å². The lowest BCUT2D eigenvalue weighted by atomic mass is 10.1. The molecule has 0 fully saturated rings. The molecule has 17 heavy (non-hydrogen) atoms. The van der Waals surface area contributed by atoms with Gasteiger partial charge in [-0.25, -0.2) is 0 Å². The third-order valence-corrected chi connectivity index (χ3v) is 2.81. The maximum atomic E-state index is 10.1. The first kappa shape index (κ1) is 16.1. The molecule has 0 bridgehead atoms. The summed E-state index contributed by atoms with van der Waals surface area (Å²) in [6, 6.07) is 0. The molecule has 0 unspecified atom stereocenters. The van der Waals surface area contributed by atoms with Gasteiger partial charge in [-0.2, -0.15) is 0 Å². The molecule has 1 nitrogen and oxygen atoms in total. The summed E-state index contributed by atoms with van der Waals surface area (Å²) in [6.07, 6.45) is 21.8. The number of carbonyl (C=O) groups is 1. The van der Waals surface area contributed by atoms with Gasteiger partial charge < -0.3 is 4.79 Å². The van der Waals surface area contributed by atoms with E-state index in [4.69, 9.17) is 0 Å². The molecule has 0 radical (unpaired) electrons. The van der Waals surface area contributed by atoms with Crippen LogP contribution in [0, 0.1) is 0 Å². The summed E-state index contributed by atoms with van der Waals surface area (Å²) < 4.78 is 0. The monoisotopic (exact) mass is 236 g/mol. The van der Waals surface area contributed by atoms with Crippen molar-refractivity contribution in [2.24, 2.45) is 0 Å². The van der Waals surface area contributed by atoms with Crippen LogP contribution in [0.1, 0.15) is 71.1 Å². The van der Waals surface area contributed by atoms with Crippen LogP contribution in [0.4, 0.5) is 0 Å². The molecule has 0 saturated carbocycles.